The topological polar surface area (TPSA) is 142 Å². The van der Waals surface area contributed by atoms with Crippen LogP contribution < -0.4 is 10.6 Å². The van der Waals surface area contributed by atoms with E-state index >= 15 is 0 Å². The maximum absolute atomic E-state index is 12.3. The smallest absolute Gasteiger partial charge is 0.253 e. The number of carbonyl (C=O) groups excluding carboxylic acids is 1. The standard InChI is InChI=1S/C15H21N5O5/c1-15(24)10(22)8(5-21)25-14(15)20-4-7(13(23)17-3)9-11(16-2)18-6-19-12(9)20/h4,6,8,10,14,21-22,24H,5H2,1-3H3,(H,17,23)(H,16,18,19)/t8-,10-,14-,15-/m1/s1. The van der Waals surface area contributed by atoms with Gasteiger partial charge in [-0.05, 0) is 6.92 Å². The van der Waals surface area contributed by atoms with Crippen LogP contribution in [-0.2, 0) is 4.74 Å². The second-order valence-electron chi connectivity index (χ2n) is 6.08. The number of aromatic nitrogens is 3. The van der Waals surface area contributed by atoms with E-state index in [-0.39, 0.29) is 5.91 Å². The molecule has 0 bridgehead atoms. The molecule has 3 rings (SSSR count). The summed E-state index contributed by atoms with van der Waals surface area (Å²) in [7, 11) is 3.17. The van der Waals surface area contributed by atoms with E-state index in [4.69, 9.17) is 4.74 Å². The van der Waals surface area contributed by atoms with Crippen LogP contribution in [-0.4, -0.2) is 74.3 Å². The molecule has 5 N–H and O–H groups in total. The van der Waals surface area contributed by atoms with E-state index in [2.05, 4.69) is 20.6 Å². The number of aliphatic hydroxyl groups excluding tert-OH is 2. The molecule has 0 unspecified atom stereocenters. The first-order valence-electron chi connectivity index (χ1n) is 7.78. The number of hydrogen-bond donors (Lipinski definition) is 5. The van der Waals surface area contributed by atoms with Gasteiger partial charge in [0.25, 0.3) is 5.91 Å². The minimum Gasteiger partial charge on any atom is -0.394 e. The van der Waals surface area contributed by atoms with Crippen LogP contribution in [0.5, 0.6) is 0 Å². The van der Waals surface area contributed by atoms with Crippen LogP contribution in [0.25, 0.3) is 11.0 Å². The molecule has 1 aliphatic rings. The number of nitrogens with one attached hydrogen (secondary N) is 2. The van der Waals surface area contributed by atoms with E-state index in [0.29, 0.717) is 22.4 Å². The van der Waals surface area contributed by atoms with E-state index in [1.807, 2.05) is 0 Å². The van der Waals surface area contributed by atoms with Crippen molar-refractivity contribution >= 4 is 22.8 Å². The maximum atomic E-state index is 12.3. The summed E-state index contributed by atoms with van der Waals surface area (Å²) in [5.74, 6) is 0.0891. The average molecular weight is 351 g/mol. The summed E-state index contributed by atoms with van der Waals surface area (Å²) in [5, 5.41) is 36.2. The summed E-state index contributed by atoms with van der Waals surface area (Å²) in [5.41, 5.74) is -1.04. The zero-order valence-corrected chi connectivity index (χ0v) is 14.1. The lowest BCUT2D eigenvalue weighted by atomic mass is 9.96. The minimum atomic E-state index is -1.69. The lowest BCUT2D eigenvalue weighted by molar-refractivity contribution is -0.0948. The fraction of sp³-hybridized carbons (Fsp3) is 0.533. The Labute approximate surface area is 143 Å². The molecule has 1 saturated heterocycles. The van der Waals surface area contributed by atoms with Gasteiger partial charge in [0.15, 0.2) is 6.23 Å². The molecule has 10 nitrogen and oxygen atoms in total. The molecule has 136 valence electrons. The van der Waals surface area contributed by atoms with Gasteiger partial charge in [-0.2, -0.15) is 0 Å². The van der Waals surface area contributed by atoms with E-state index in [0.717, 1.165) is 0 Å². The molecular formula is C15H21N5O5. The highest BCUT2D eigenvalue weighted by Crippen LogP contribution is 2.41. The second-order valence-corrected chi connectivity index (χ2v) is 6.08. The van der Waals surface area contributed by atoms with Crippen molar-refractivity contribution < 1.29 is 24.9 Å². The summed E-state index contributed by atoms with van der Waals surface area (Å²) < 4.78 is 7.11. The Morgan fingerprint density at radius 3 is 2.72 bits per heavy atom. The monoisotopic (exact) mass is 351 g/mol. The summed E-state index contributed by atoms with van der Waals surface area (Å²) in [6.45, 7) is 0.954. The van der Waals surface area contributed by atoms with E-state index < -0.39 is 30.6 Å². The third-order valence-electron chi connectivity index (χ3n) is 4.51. The van der Waals surface area contributed by atoms with Crippen LogP contribution in [0.2, 0.25) is 0 Å². The van der Waals surface area contributed by atoms with Crippen molar-refractivity contribution in [2.45, 2.75) is 31.0 Å². The van der Waals surface area contributed by atoms with Crippen molar-refractivity contribution in [2.24, 2.45) is 0 Å². The lowest BCUT2D eigenvalue weighted by Gasteiger charge is -2.27. The van der Waals surface area contributed by atoms with Crippen LogP contribution in [0.4, 0.5) is 5.82 Å². The van der Waals surface area contributed by atoms with Crippen LogP contribution in [0, 0.1) is 0 Å². The number of nitrogens with zero attached hydrogens (tertiary/aromatic N) is 3. The summed E-state index contributed by atoms with van der Waals surface area (Å²) in [6, 6.07) is 0. The highest BCUT2D eigenvalue weighted by Gasteiger charge is 2.53. The largest absolute Gasteiger partial charge is 0.394 e. The van der Waals surface area contributed by atoms with Gasteiger partial charge < -0.3 is 35.3 Å². The molecule has 2 aromatic heterocycles. The highest BCUT2D eigenvalue weighted by atomic mass is 16.6. The molecule has 10 heteroatoms. The molecule has 3 heterocycles. The highest BCUT2D eigenvalue weighted by molar-refractivity contribution is 6.09. The minimum absolute atomic E-state index is 0.295. The average Bonchev–Trinajstić information content (AvgIpc) is 3.10. The SMILES string of the molecule is CNC(=O)c1cn([C@@H]2O[C@H](CO)[C@@H](O)[C@@]2(C)O)c2ncnc(NC)c12. The molecule has 1 amide bonds. The lowest BCUT2D eigenvalue weighted by Crippen LogP contribution is -2.44. The molecule has 0 saturated carbocycles. The number of ether oxygens (including phenoxy) is 1. The molecule has 25 heavy (non-hydrogen) atoms. The molecule has 4 atom stereocenters. The summed E-state index contributed by atoms with van der Waals surface area (Å²) in [4.78, 5) is 20.6. The Morgan fingerprint density at radius 1 is 1.44 bits per heavy atom. The molecule has 0 radical (unpaired) electrons. The number of rotatable bonds is 4. The van der Waals surface area contributed by atoms with Crippen molar-refractivity contribution in [1.29, 1.82) is 0 Å². The summed E-state index contributed by atoms with van der Waals surface area (Å²) >= 11 is 0. The van der Waals surface area contributed by atoms with Crippen molar-refractivity contribution in [2.75, 3.05) is 26.0 Å². The molecule has 1 aliphatic heterocycles. The van der Waals surface area contributed by atoms with Gasteiger partial charge in [-0.15, -0.1) is 0 Å². The predicted molar refractivity (Wildman–Crippen MR) is 88.1 cm³/mol. The van der Waals surface area contributed by atoms with Gasteiger partial charge in [-0.3, -0.25) is 4.79 Å². The quantitative estimate of drug-likeness (QED) is 0.464. The van der Waals surface area contributed by atoms with Crippen LogP contribution in [0.3, 0.4) is 0 Å². The predicted octanol–water partition coefficient (Wildman–Crippen LogP) is -1.17. The van der Waals surface area contributed by atoms with Crippen LogP contribution >= 0.6 is 0 Å². The number of aliphatic hydroxyl groups is 3. The van der Waals surface area contributed by atoms with Gasteiger partial charge in [-0.25, -0.2) is 9.97 Å². The van der Waals surface area contributed by atoms with Crippen molar-refractivity contribution in [3.63, 3.8) is 0 Å². The van der Waals surface area contributed by atoms with Gasteiger partial charge in [-0.1, -0.05) is 0 Å². The van der Waals surface area contributed by atoms with Gasteiger partial charge in [0.2, 0.25) is 0 Å². The zero-order chi connectivity index (χ0) is 18.4. The molecule has 0 spiro atoms. The normalized spacial score (nSPS) is 29.1. The van der Waals surface area contributed by atoms with Gasteiger partial charge >= 0.3 is 0 Å². The second kappa shape index (κ2) is 6.23. The molecule has 1 fully saturated rings. The number of hydrogen-bond acceptors (Lipinski definition) is 8. The Bertz CT molecular complexity index is 805. The first-order valence-corrected chi connectivity index (χ1v) is 7.78. The summed E-state index contributed by atoms with van der Waals surface area (Å²) in [6.07, 6.45) is -0.479. The van der Waals surface area contributed by atoms with Gasteiger partial charge in [0, 0.05) is 20.3 Å². The van der Waals surface area contributed by atoms with Crippen molar-refractivity contribution in [3.05, 3.63) is 18.1 Å². The fourth-order valence-electron chi connectivity index (χ4n) is 3.15. The van der Waals surface area contributed by atoms with E-state index in [1.54, 1.807) is 7.05 Å². The Morgan fingerprint density at radius 2 is 2.16 bits per heavy atom. The Hall–Kier alpha value is -2.27. The van der Waals surface area contributed by atoms with E-state index in [1.165, 1.54) is 31.1 Å². The number of carbonyl (C=O) groups is 1. The maximum Gasteiger partial charge on any atom is 0.253 e. The van der Waals surface area contributed by atoms with Crippen molar-refractivity contribution in [3.8, 4) is 0 Å². The Balaban J connectivity index is 2.22. The Kier molecular flexibility index (Phi) is 4.37. The number of anilines is 1. The molecule has 0 aromatic carbocycles. The number of amides is 1. The van der Waals surface area contributed by atoms with E-state index in [9.17, 15) is 20.1 Å². The molecule has 0 aliphatic carbocycles. The number of fused-ring (bicyclic) bond motifs is 1. The molecule has 2 aromatic rings. The van der Waals surface area contributed by atoms with Crippen molar-refractivity contribution in [1.82, 2.24) is 19.9 Å². The first-order chi connectivity index (χ1) is 11.9. The third kappa shape index (κ3) is 2.54. The van der Waals surface area contributed by atoms with Gasteiger partial charge in [0.1, 0.15) is 35.6 Å². The van der Waals surface area contributed by atoms with Crippen LogP contribution in [0.1, 0.15) is 23.5 Å². The third-order valence-corrected chi connectivity index (χ3v) is 4.51. The first kappa shape index (κ1) is 17.5. The van der Waals surface area contributed by atoms with Crippen LogP contribution in [0.15, 0.2) is 12.5 Å². The zero-order valence-electron chi connectivity index (χ0n) is 14.1. The molecular weight excluding hydrogens is 330 g/mol. The fourth-order valence-corrected chi connectivity index (χ4v) is 3.15. The van der Waals surface area contributed by atoms with Gasteiger partial charge in [0.05, 0.1) is 17.6 Å².